The van der Waals surface area contributed by atoms with Gasteiger partial charge in [-0.2, -0.15) is 14.9 Å². The molecule has 0 atom stereocenters. The van der Waals surface area contributed by atoms with Gasteiger partial charge in [-0.05, 0) is 19.3 Å². The van der Waals surface area contributed by atoms with E-state index in [-0.39, 0.29) is 0 Å². The third-order valence-electron chi connectivity index (χ3n) is 3.97. The second-order valence-electron chi connectivity index (χ2n) is 4.93. The Labute approximate surface area is 112 Å². The van der Waals surface area contributed by atoms with Crippen LogP contribution in [0.5, 0.6) is 0 Å². The molecule has 2 aromatic rings. The molecule has 3 rings (SSSR count). The van der Waals surface area contributed by atoms with Crippen LogP contribution < -0.4 is 4.90 Å². The van der Waals surface area contributed by atoms with Crippen LogP contribution in [0.25, 0.3) is 5.65 Å². The molecule has 3 heterocycles. The van der Waals surface area contributed by atoms with Gasteiger partial charge < -0.3 is 4.90 Å². The van der Waals surface area contributed by atoms with E-state index >= 15 is 0 Å². The molecule has 5 nitrogen and oxygen atoms in total. The molecule has 0 amide bonds. The lowest BCUT2D eigenvalue weighted by atomic mass is 10.1. The number of hydrogen-bond donors (Lipinski definition) is 0. The quantitative estimate of drug-likeness (QED) is 0.843. The zero-order chi connectivity index (χ0) is 13.4. The van der Waals surface area contributed by atoms with Crippen molar-refractivity contribution in [2.45, 2.75) is 39.2 Å². The Morgan fingerprint density at radius 3 is 2.84 bits per heavy atom. The number of rotatable bonds is 3. The minimum absolute atomic E-state index is 0.529. The second-order valence-corrected chi connectivity index (χ2v) is 4.93. The third-order valence-corrected chi connectivity index (χ3v) is 3.97. The van der Waals surface area contributed by atoms with E-state index in [1.807, 2.05) is 10.7 Å². The predicted octanol–water partition coefficient (Wildman–Crippen LogP) is 2.15. The smallest absolute Gasteiger partial charge is 0.175 e. The maximum Gasteiger partial charge on any atom is 0.175 e. The van der Waals surface area contributed by atoms with Gasteiger partial charge in [0.15, 0.2) is 5.65 Å². The summed E-state index contributed by atoms with van der Waals surface area (Å²) >= 11 is 0. The highest BCUT2D eigenvalue weighted by Crippen LogP contribution is 2.31. The Balaban J connectivity index is 2.18. The SMILES string of the molecule is CCC(CC)N1CCc2cnc3c(C#N)cnn3c21. The van der Waals surface area contributed by atoms with E-state index in [2.05, 4.69) is 34.9 Å². The standard InChI is InChI=1S/C14H17N5/c1-3-12(4-2)18-6-5-10-8-16-13-11(7-15)9-17-19(13)14(10)18/h8-9,12H,3-6H2,1-2H3. The highest BCUT2D eigenvalue weighted by Gasteiger charge is 2.28. The van der Waals surface area contributed by atoms with Crippen LogP contribution in [0.4, 0.5) is 5.82 Å². The van der Waals surface area contributed by atoms with Crippen LogP contribution in [0.1, 0.15) is 37.8 Å². The first-order valence-corrected chi connectivity index (χ1v) is 6.82. The number of nitriles is 1. The van der Waals surface area contributed by atoms with Gasteiger partial charge in [0.1, 0.15) is 17.5 Å². The Bertz CT molecular complexity index is 648. The molecule has 5 heteroatoms. The van der Waals surface area contributed by atoms with E-state index in [0.717, 1.165) is 31.6 Å². The molecule has 0 saturated carbocycles. The summed E-state index contributed by atoms with van der Waals surface area (Å²) in [6, 6.07) is 2.68. The number of anilines is 1. The van der Waals surface area contributed by atoms with Crippen LogP contribution in [0.3, 0.4) is 0 Å². The number of nitrogens with zero attached hydrogens (tertiary/aromatic N) is 5. The van der Waals surface area contributed by atoms with Crippen molar-refractivity contribution < 1.29 is 0 Å². The van der Waals surface area contributed by atoms with E-state index < -0.39 is 0 Å². The first kappa shape index (κ1) is 12.0. The van der Waals surface area contributed by atoms with Crippen LogP contribution >= 0.6 is 0 Å². The molecule has 0 saturated heterocycles. The van der Waals surface area contributed by atoms with Crippen LogP contribution in [-0.2, 0) is 6.42 Å². The van der Waals surface area contributed by atoms with Crippen molar-refractivity contribution in [3.8, 4) is 6.07 Å². The molecule has 0 bridgehead atoms. The maximum absolute atomic E-state index is 9.08. The average molecular weight is 255 g/mol. The normalized spacial score (nSPS) is 14.1. The summed E-state index contributed by atoms with van der Waals surface area (Å²) in [5.74, 6) is 1.13. The van der Waals surface area contributed by atoms with Crippen molar-refractivity contribution in [2.75, 3.05) is 11.4 Å². The summed E-state index contributed by atoms with van der Waals surface area (Å²) in [7, 11) is 0. The van der Waals surface area contributed by atoms with E-state index in [9.17, 15) is 0 Å². The molecule has 2 aromatic heterocycles. The van der Waals surface area contributed by atoms with Gasteiger partial charge in [-0.25, -0.2) is 4.98 Å². The molecule has 0 N–H and O–H groups in total. The van der Waals surface area contributed by atoms with Gasteiger partial charge in [0, 0.05) is 24.3 Å². The summed E-state index contributed by atoms with van der Waals surface area (Å²) in [5, 5.41) is 13.4. The number of hydrogen-bond acceptors (Lipinski definition) is 4. The zero-order valence-electron chi connectivity index (χ0n) is 11.3. The van der Waals surface area contributed by atoms with Gasteiger partial charge in [-0.1, -0.05) is 13.8 Å². The Hall–Kier alpha value is -2.09. The van der Waals surface area contributed by atoms with Crippen molar-refractivity contribution in [3.05, 3.63) is 23.5 Å². The molecule has 0 fully saturated rings. The Morgan fingerprint density at radius 2 is 2.16 bits per heavy atom. The minimum Gasteiger partial charge on any atom is -0.353 e. The third kappa shape index (κ3) is 1.67. The molecular weight excluding hydrogens is 238 g/mol. The van der Waals surface area contributed by atoms with Crippen molar-refractivity contribution in [1.29, 1.82) is 5.26 Å². The van der Waals surface area contributed by atoms with Crippen molar-refractivity contribution in [1.82, 2.24) is 14.6 Å². The van der Waals surface area contributed by atoms with E-state index in [1.165, 1.54) is 5.56 Å². The summed E-state index contributed by atoms with van der Waals surface area (Å²) in [4.78, 5) is 6.80. The summed E-state index contributed by atoms with van der Waals surface area (Å²) < 4.78 is 1.83. The zero-order valence-corrected chi connectivity index (χ0v) is 11.3. The number of aromatic nitrogens is 3. The van der Waals surface area contributed by atoms with Gasteiger partial charge in [0.05, 0.1) is 6.20 Å². The van der Waals surface area contributed by atoms with Crippen LogP contribution in [0.2, 0.25) is 0 Å². The van der Waals surface area contributed by atoms with Gasteiger partial charge in [-0.3, -0.25) is 0 Å². The fourth-order valence-corrected chi connectivity index (χ4v) is 2.95. The van der Waals surface area contributed by atoms with Crippen molar-refractivity contribution >= 4 is 11.5 Å². The second kappa shape index (κ2) is 4.54. The highest BCUT2D eigenvalue weighted by molar-refractivity contribution is 5.63. The predicted molar refractivity (Wildman–Crippen MR) is 73.1 cm³/mol. The molecule has 0 radical (unpaired) electrons. The van der Waals surface area contributed by atoms with Gasteiger partial charge >= 0.3 is 0 Å². The fourth-order valence-electron chi connectivity index (χ4n) is 2.95. The molecule has 0 spiro atoms. The fraction of sp³-hybridized carbons (Fsp3) is 0.500. The minimum atomic E-state index is 0.529. The molecule has 19 heavy (non-hydrogen) atoms. The van der Waals surface area contributed by atoms with Crippen LogP contribution in [-0.4, -0.2) is 27.2 Å². The molecule has 0 aliphatic carbocycles. The molecule has 0 aromatic carbocycles. The molecule has 0 unspecified atom stereocenters. The largest absolute Gasteiger partial charge is 0.353 e. The van der Waals surface area contributed by atoms with Crippen LogP contribution in [0.15, 0.2) is 12.4 Å². The van der Waals surface area contributed by atoms with Gasteiger partial charge in [-0.15, -0.1) is 0 Å². The topological polar surface area (TPSA) is 57.2 Å². The summed E-state index contributed by atoms with van der Waals surface area (Å²) in [6.45, 7) is 5.45. The highest BCUT2D eigenvalue weighted by atomic mass is 15.4. The van der Waals surface area contributed by atoms with E-state index in [4.69, 9.17) is 5.26 Å². The van der Waals surface area contributed by atoms with Gasteiger partial charge in [0.25, 0.3) is 0 Å². The van der Waals surface area contributed by atoms with Crippen LogP contribution in [0, 0.1) is 11.3 Å². The molecule has 1 aliphatic rings. The Morgan fingerprint density at radius 1 is 1.37 bits per heavy atom. The Kier molecular flexibility index (Phi) is 2.86. The molecule has 98 valence electrons. The lowest BCUT2D eigenvalue weighted by molar-refractivity contribution is 0.563. The first-order valence-electron chi connectivity index (χ1n) is 6.82. The maximum atomic E-state index is 9.08. The summed E-state index contributed by atoms with van der Waals surface area (Å²) in [5.41, 5.74) is 2.44. The lowest BCUT2D eigenvalue weighted by Crippen LogP contribution is -2.34. The summed E-state index contributed by atoms with van der Waals surface area (Å²) in [6.07, 6.45) is 6.75. The molecular formula is C14H17N5. The van der Waals surface area contributed by atoms with Crippen molar-refractivity contribution in [2.24, 2.45) is 0 Å². The average Bonchev–Trinajstić information content (AvgIpc) is 3.03. The van der Waals surface area contributed by atoms with E-state index in [0.29, 0.717) is 17.3 Å². The van der Waals surface area contributed by atoms with Gasteiger partial charge in [0.2, 0.25) is 0 Å². The van der Waals surface area contributed by atoms with E-state index in [1.54, 1.807) is 6.20 Å². The van der Waals surface area contributed by atoms with Crippen molar-refractivity contribution in [3.63, 3.8) is 0 Å². The monoisotopic (exact) mass is 255 g/mol. The lowest BCUT2D eigenvalue weighted by Gasteiger charge is -2.28. The number of fused-ring (bicyclic) bond motifs is 3. The molecule has 1 aliphatic heterocycles. The first-order chi connectivity index (χ1) is 9.30.